The van der Waals surface area contributed by atoms with Gasteiger partial charge in [0.1, 0.15) is 6.29 Å². The van der Waals surface area contributed by atoms with Crippen LogP contribution >= 0.6 is 0 Å². The lowest BCUT2D eigenvalue weighted by Gasteiger charge is -2.22. The molecule has 2 rings (SSSR count). The van der Waals surface area contributed by atoms with Gasteiger partial charge >= 0.3 is 0 Å². The van der Waals surface area contributed by atoms with Gasteiger partial charge in [0, 0.05) is 5.92 Å². The van der Waals surface area contributed by atoms with Crippen molar-refractivity contribution in [1.29, 1.82) is 0 Å². The molecule has 0 saturated heterocycles. The lowest BCUT2D eigenvalue weighted by atomic mass is 9.82. The van der Waals surface area contributed by atoms with Crippen molar-refractivity contribution in [2.24, 2.45) is 23.7 Å². The average molecular weight is 150 g/mol. The number of allylic oxidation sites excluding steroid dienone is 2. The van der Waals surface area contributed by atoms with Crippen molar-refractivity contribution in [2.75, 3.05) is 0 Å². The highest BCUT2D eigenvalue weighted by atomic mass is 16.1. The van der Waals surface area contributed by atoms with E-state index in [1.807, 2.05) is 0 Å². The maximum atomic E-state index is 10.7. The molecule has 0 unspecified atom stereocenters. The molecule has 0 heterocycles. The molecule has 11 heavy (non-hydrogen) atoms. The fourth-order valence-electron chi connectivity index (χ4n) is 2.79. The van der Waals surface area contributed by atoms with Gasteiger partial charge in [-0.1, -0.05) is 18.6 Å². The molecule has 4 atom stereocenters. The minimum Gasteiger partial charge on any atom is -0.303 e. The van der Waals surface area contributed by atoms with Crippen molar-refractivity contribution < 1.29 is 4.79 Å². The molecule has 1 saturated carbocycles. The predicted octanol–water partition coefficient (Wildman–Crippen LogP) is 2.03. The van der Waals surface area contributed by atoms with Gasteiger partial charge in [0.25, 0.3) is 0 Å². The molecule has 2 aliphatic rings. The van der Waals surface area contributed by atoms with Crippen LogP contribution < -0.4 is 0 Å². The third-order valence-electron chi connectivity index (χ3n) is 3.48. The fourth-order valence-corrected chi connectivity index (χ4v) is 2.79. The first-order valence-corrected chi connectivity index (χ1v) is 4.37. The Balaban J connectivity index is 2.28. The predicted molar refractivity (Wildman–Crippen MR) is 44.1 cm³/mol. The number of hydrogen-bond acceptors (Lipinski definition) is 1. The number of carbonyl (C=O) groups is 1. The molecule has 0 N–H and O–H groups in total. The molecule has 2 bridgehead atoms. The van der Waals surface area contributed by atoms with Gasteiger partial charge in [-0.2, -0.15) is 0 Å². The van der Waals surface area contributed by atoms with Gasteiger partial charge in [-0.15, -0.1) is 0 Å². The molecular weight excluding hydrogens is 136 g/mol. The Hall–Kier alpha value is -0.590. The van der Waals surface area contributed by atoms with Gasteiger partial charge in [-0.05, 0) is 31.1 Å². The fraction of sp³-hybridized carbons (Fsp3) is 0.700. The number of aldehydes is 1. The SMILES string of the molecule is CC1=C[C@H]2C[C@H]1[C@@H](C)[C@@H]2C=O. The third-order valence-corrected chi connectivity index (χ3v) is 3.48. The quantitative estimate of drug-likeness (QED) is 0.413. The number of hydrogen-bond donors (Lipinski definition) is 0. The van der Waals surface area contributed by atoms with E-state index in [1.165, 1.54) is 12.0 Å². The van der Waals surface area contributed by atoms with Crippen molar-refractivity contribution in [3.05, 3.63) is 11.6 Å². The van der Waals surface area contributed by atoms with E-state index in [9.17, 15) is 4.79 Å². The first-order chi connectivity index (χ1) is 5.24. The second-order valence-electron chi connectivity index (χ2n) is 3.99. The summed E-state index contributed by atoms with van der Waals surface area (Å²) in [6.45, 7) is 4.41. The van der Waals surface area contributed by atoms with Crippen molar-refractivity contribution in [3.63, 3.8) is 0 Å². The molecule has 0 aliphatic heterocycles. The van der Waals surface area contributed by atoms with Crippen LogP contribution in [-0.4, -0.2) is 6.29 Å². The Bertz CT molecular complexity index is 217. The zero-order valence-corrected chi connectivity index (χ0v) is 7.08. The molecule has 0 amide bonds. The van der Waals surface area contributed by atoms with E-state index < -0.39 is 0 Å². The highest BCUT2D eigenvalue weighted by Gasteiger charge is 2.44. The van der Waals surface area contributed by atoms with Gasteiger partial charge in [0.2, 0.25) is 0 Å². The van der Waals surface area contributed by atoms with E-state index in [4.69, 9.17) is 0 Å². The number of rotatable bonds is 1. The van der Waals surface area contributed by atoms with Crippen LogP contribution in [0.1, 0.15) is 20.3 Å². The summed E-state index contributed by atoms with van der Waals surface area (Å²) in [5, 5.41) is 0. The summed E-state index contributed by atoms with van der Waals surface area (Å²) >= 11 is 0. The summed E-state index contributed by atoms with van der Waals surface area (Å²) in [6, 6.07) is 0. The Morgan fingerprint density at radius 3 is 2.82 bits per heavy atom. The van der Waals surface area contributed by atoms with E-state index in [-0.39, 0.29) is 0 Å². The normalized spacial score (nSPS) is 47.6. The van der Waals surface area contributed by atoms with Crippen molar-refractivity contribution >= 4 is 6.29 Å². The van der Waals surface area contributed by atoms with Crippen molar-refractivity contribution in [2.45, 2.75) is 20.3 Å². The molecule has 1 heteroatoms. The summed E-state index contributed by atoms with van der Waals surface area (Å²) < 4.78 is 0. The monoisotopic (exact) mass is 150 g/mol. The molecule has 1 fully saturated rings. The molecule has 2 aliphatic carbocycles. The largest absolute Gasteiger partial charge is 0.303 e. The van der Waals surface area contributed by atoms with Gasteiger partial charge in [0.05, 0.1) is 0 Å². The summed E-state index contributed by atoms with van der Waals surface area (Å²) in [4.78, 5) is 10.7. The Morgan fingerprint density at radius 1 is 1.64 bits per heavy atom. The Labute approximate surface area is 67.5 Å². The smallest absolute Gasteiger partial charge is 0.123 e. The van der Waals surface area contributed by atoms with Crippen LogP contribution in [0.4, 0.5) is 0 Å². The summed E-state index contributed by atoms with van der Waals surface area (Å²) in [6.07, 6.45) is 4.68. The molecule has 0 radical (unpaired) electrons. The summed E-state index contributed by atoms with van der Waals surface area (Å²) in [5.74, 6) is 2.22. The van der Waals surface area contributed by atoms with E-state index in [2.05, 4.69) is 19.9 Å². The van der Waals surface area contributed by atoms with E-state index in [0.29, 0.717) is 17.8 Å². The minimum atomic E-state index is 0.323. The maximum absolute atomic E-state index is 10.7. The molecule has 1 nitrogen and oxygen atoms in total. The van der Waals surface area contributed by atoms with Gasteiger partial charge < -0.3 is 4.79 Å². The van der Waals surface area contributed by atoms with Gasteiger partial charge in [0.15, 0.2) is 0 Å². The van der Waals surface area contributed by atoms with Crippen molar-refractivity contribution in [3.8, 4) is 0 Å². The van der Waals surface area contributed by atoms with E-state index in [0.717, 1.165) is 12.2 Å². The minimum absolute atomic E-state index is 0.323. The molecular formula is C10H14O. The zero-order valence-electron chi connectivity index (χ0n) is 7.08. The third kappa shape index (κ3) is 0.800. The average Bonchev–Trinajstić information content (AvgIpc) is 2.44. The van der Waals surface area contributed by atoms with E-state index in [1.54, 1.807) is 0 Å². The highest BCUT2D eigenvalue weighted by Crippen LogP contribution is 2.50. The summed E-state index contributed by atoms with van der Waals surface area (Å²) in [5.41, 5.74) is 1.51. The number of carbonyl (C=O) groups excluding carboxylic acids is 1. The van der Waals surface area contributed by atoms with Crippen LogP contribution in [0, 0.1) is 23.7 Å². The van der Waals surface area contributed by atoms with Gasteiger partial charge in [-0.3, -0.25) is 0 Å². The first-order valence-electron chi connectivity index (χ1n) is 4.37. The van der Waals surface area contributed by atoms with Crippen LogP contribution in [-0.2, 0) is 4.79 Å². The van der Waals surface area contributed by atoms with Crippen LogP contribution in [0.25, 0.3) is 0 Å². The van der Waals surface area contributed by atoms with Crippen LogP contribution in [0.15, 0.2) is 11.6 Å². The lowest BCUT2D eigenvalue weighted by molar-refractivity contribution is -0.112. The zero-order chi connectivity index (χ0) is 8.01. The molecule has 0 spiro atoms. The lowest BCUT2D eigenvalue weighted by Crippen LogP contribution is -2.19. The molecule has 0 aromatic carbocycles. The standard InChI is InChI=1S/C10H14O/c1-6-3-8-4-9(6)7(2)10(8)5-11/h3,5,7-10H,4H2,1-2H3/t7-,8+,9-,10+/m1/s1. The maximum Gasteiger partial charge on any atom is 0.123 e. The van der Waals surface area contributed by atoms with Crippen LogP contribution in [0.5, 0.6) is 0 Å². The highest BCUT2D eigenvalue weighted by molar-refractivity contribution is 5.57. The Morgan fingerprint density at radius 2 is 2.36 bits per heavy atom. The molecule has 60 valence electrons. The Kier molecular flexibility index (Phi) is 1.41. The topological polar surface area (TPSA) is 17.1 Å². The second-order valence-corrected chi connectivity index (χ2v) is 3.99. The van der Waals surface area contributed by atoms with Crippen LogP contribution in [0.2, 0.25) is 0 Å². The summed E-state index contributed by atoms with van der Waals surface area (Å²) in [7, 11) is 0. The first kappa shape index (κ1) is 7.08. The second kappa shape index (κ2) is 2.20. The molecule has 0 aromatic heterocycles. The molecule has 0 aromatic rings. The number of fused-ring (bicyclic) bond motifs is 2. The van der Waals surface area contributed by atoms with Gasteiger partial charge in [-0.25, -0.2) is 0 Å². The van der Waals surface area contributed by atoms with Crippen LogP contribution in [0.3, 0.4) is 0 Å². The van der Waals surface area contributed by atoms with Crippen molar-refractivity contribution in [1.82, 2.24) is 0 Å². The van der Waals surface area contributed by atoms with E-state index >= 15 is 0 Å².